The second-order valence-corrected chi connectivity index (χ2v) is 6.32. The van der Waals surface area contributed by atoms with Crippen LogP contribution in [0, 0.1) is 6.92 Å². The van der Waals surface area contributed by atoms with E-state index in [0.717, 1.165) is 17.0 Å². The molecule has 1 aromatic carbocycles. The summed E-state index contributed by atoms with van der Waals surface area (Å²) in [6.07, 6.45) is 2.92. The molecule has 1 aliphatic rings. The van der Waals surface area contributed by atoms with E-state index in [2.05, 4.69) is 10.3 Å². The standard InChI is InChI=1S/C19H16ClN3O2/c1-12-15(20)7-2-8-16(12)22-18-17-14(6-3-9-21-17)19(24)23(18)11-13-5-4-10-25-13/h2-10,18,22H,11H2,1H3/t18-/m1/s1. The zero-order valence-electron chi connectivity index (χ0n) is 13.6. The van der Waals surface area contributed by atoms with Crippen molar-refractivity contribution in [3.8, 4) is 0 Å². The summed E-state index contributed by atoms with van der Waals surface area (Å²) in [7, 11) is 0. The molecule has 6 heteroatoms. The molecule has 1 amide bonds. The first-order valence-electron chi connectivity index (χ1n) is 7.95. The van der Waals surface area contributed by atoms with Crippen LogP contribution in [0.1, 0.15) is 33.5 Å². The fourth-order valence-corrected chi connectivity index (χ4v) is 3.20. The van der Waals surface area contributed by atoms with E-state index in [0.29, 0.717) is 22.8 Å². The number of nitrogens with one attached hydrogen (secondary N) is 1. The summed E-state index contributed by atoms with van der Waals surface area (Å²) in [5.74, 6) is 0.646. The van der Waals surface area contributed by atoms with Gasteiger partial charge in [0.1, 0.15) is 11.9 Å². The van der Waals surface area contributed by atoms with E-state index in [4.69, 9.17) is 16.0 Å². The maximum Gasteiger partial charge on any atom is 0.258 e. The molecule has 126 valence electrons. The third-order valence-corrected chi connectivity index (χ3v) is 4.78. The van der Waals surface area contributed by atoms with Gasteiger partial charge in [0.25, 0.3) is 5.91 Å². The normalized spacial score (nSPS) is 16.2. The molecule has 0 fully saturated rings. The summed E-state index contributed by atoms with van der Waals surface area (Å²) in [4.78, 5) is 19.0. The number of hydrogen-bond donors (Lipinski definition) is 1. The van der Waals surface area contributed by atoms with Gasteiger partial charge in [-0.3, -0.25) is 9.78 Å². The number of hydrogen-bond acceptors (Lipinski definition) is 4. The molecule has 0 unspecified atom stereocenters. The largest absolute Gasteiger partial charge is 0.467 e. The molecule has 4 rings (SSSR count). The smallest absolute Gasteiger partial charge is 0.258 e. The summed E-state index contributed by atoms with van der Waals surface area (Å²) < 4.78 is 5.42. The van der Waals surface area contributed by atoms with Crippen molar-refractivity contribution < 1.29 is 9.21 Å². The van der Waals surface area contributed by atoms with Crippen molar-refractivity contribution in [3.05, 3.63) is 82.5 Å². The maximum absolute atomic E-state index is 12.9. The van der Waals surface area contributed by atoms with Gasteiger partial charge in [-0.05, 0) is 48.9 Å². The quantitative estimate of drug-likeness (QED) is 0.755. The molecule has 1 N–H and O–H groups in total. The monoisotopic (exact) mass is 353 g/mol. The van der Waals surface area contributed by atoms with E-state index in [-0.39, 0.29) is 12.1 Å². The van der Waals surface area contributed by atoms with Crippen molar-refractivity contribution in [2.24, 2.45) is 0 Å². The molecule has 0 spiro atoms. The number of nitrogens with zero attached hydrogens (tertiary/aromatic N) is 2. The van der Waals surface area contributed by atoms with Gasteiger partial charge in [0.15, 0.2) is 0 Å². The minimum absolute atomic E-state index is 0.0725. The van der Waals surface area contributed by atoms with Crippen LogP contribution in [0.2, 0.25) is 5.02 Å². The van der Waals surface area contributed by atoms with Gasteiger partial charge in [-0.15, -0.1) is 0 Å². The van der Waals surface area contributed by atoms with Gasteiger partial charge in [-0.25, -0.2) is 0 Å². The number of pyridine rings is 1. The second-order valence-electron chi connectivity index (χ2n) is 5.91. The van der Waals surface area contributed by atoms with Crippen molar-refractivity contribution in [2.45, 2.75) is 19.6 Å². The van der Waals surface area contributed by atoms with Crippen LogP contribution in [0.4, 0.5) is 5.69 Å². The summed E-state index contributed by atoms with van der Waals surface area (Å²) in [5.41, 5.74) is 3.11. The van der Waals surface area contributed by atoms with Gasteiger partial charge in [-0.2, -0.15) is 0 Å². The number of carbonyl (C=O) groups is 1. The number of benzene rings is 1. The first-order chi connectivity index (χ1) is 12.1. The summed E-state index contributed by atoms with van der Waals surface area (Å²) >= 11 is 6.23. The SMILES string of the molecule is Cc1c(Cl)cccc1N[C@H]1c2ncccc2C(=O)N1Cc1ccco1. The highest BCUT2D eigenvalue weighted by Gasteiger charge is 2.38. The Hall–Kier alpha value is -2.79. The predicted octanol–water partition coefficient (Wildman–Crippen LogP) is 4.40. The molecular formula is C19H16ClN3O2. The Morgan fingerprint density at radius 1 is 1.24 bits per heavy atom. The third-order valence-electron chi connectivity index (χ3n) is 4.37. The lowest BCUT2D eigenvalue weighted by atomic mass is 10.1. The lowest BCUT2D eigenvalue weighted by molar-refractivity contribution is 0.0714. The molecule has 1 atom stereocenters. The van der Waals surface area contributed by atoms with E-state index in [1.165, 1.54) is 0 Å². The van der Waals surface area contributed by atoms with Gasteiger partial charge < -0.3 is 14.6 Å². The summed E-state index contributed by atoms with van der Waals surface area (Å²) in [6, 6.07) is 12.9. The second kappa shape index (κ2) is 6.26. The van der Waals surface area contributed by atoms with Gasteiger partial charge in [-0.1, -0.05) is 17.7 Å². The molecule has 0 aliphatic carbocycles. The molecule has 2 aromatic heterocycles. The average Bonchev–Trinajstić information content (AvgIpc) is 3.22. The van der Waals surface area contributed by atoms with Crippen molar-refractivity contribution >= 4 is 23.2 Å². The van der Waals surface area contributed by atoms with Gasteiger partial charge >= 0.3 is 0 Å². The van der Waals surface area contributed by atoms with E-state index in [1.54, 1.807) is 29.5 Å². The number of aromatic nitrogens is 1. The first kappa shape index (κ1) is 15.7. The Balaban J connectivity index is 1.73. The molecule has 3 aromatic rings. The number of furan rings is 1. The molecule has 5 nitrogen and oxygen atoms in total. The lowest BCUT2D eigenvalue weighted by Crippen LogP contribution is -2.32. The first-order valence-corrected chi connectivity index (χ1v) is 8.33. The zero-order valence-corrected chi connectivity index (χ0v) is 14.3. The Morgan fingerprint density at radius 2 is 2.12 bits per heavy atom. The van der Waals surface area contributed by atoms with Crippen LogP contribution in [0.3, 0.4) is 0 Å². The lowest BCUT2D eigenvalue weighted by Gasteiger charge is -2.26. The number of halogens is 1. The Kier molecular flexibility index (Phi) is 3.93. The fraction of sp³-hybridized carbons (Fsp3) is 0.158. The maximum atomic E-state index is 12.9. The highest BCUT2D eigenvalue weighted by atomic mass is 35.5. The summed E-state index contributed by atoms with van der Waals surface area (Å²) in [6.45, 7) is 2.30. The van der Waals surface area contributed by atoms with Crippen molar-refractivity contribution in [1.29, 1.82) is 0 Å². The minimum Gasteiger partial charge on any atom is -0.467 e. The number of anilines is 1. The molecule has 0 radical (unpaired) electrons. The molecule has 1 aliphatic heterocycles. The van der Waals surface area contributed by atoms with Crippen LogP contribution in [-0.4, -0.2) is 15.8 Å². The molecular weight excluding hydrogens is 338 g/mol. The third kappa shape index (κ3) is 2.76. The van der Waals surface area contributed by atoms with Crippen molar-refractivity contribution in [3.63, 3.8) is 0 Å². The fourth-order valence-electron chi connectivity index (χ4n) is 3.03. The van der Waals surface area contributed by atoms with E-state index >= 15 is 0 Å². The summed E-state index contributed by atoms with van der Waals surface area (Å²) in [5, 5.41) is 4.09. The molecule has 3 heterocycles. The molecule has 25 heavy (non-hydrogen) atoms. The number of amides is 1. The minimum atomic E-state index is -0.383. The Bertz CT molecular complexity index is 924. The number of fused-ring (bicyclic) bond motifs is 1. The number of rotatable bonds is 4. The zero-order chi connectivity index (χ0) is 17.4. The van der Waals surface area contributed by atoms with Crippen molar-refractivity contribution in [1.82, 2.24) is 9.88 Å². The Morgan fingerprint density at radius 3 is 2.92 bits per heavy atom. The molecule has 0 saturated carbocycles. The van der Waals surface area contributed by atoms with Gasteiger partial charge in [0, 0.05) is 16.9 Å². The average molecular weight is 354 g/mol. The van der Waals surface area contributed by atoms with Crippen LogP contribution < -0.4 is 5.32 Å². The van der Waals surface area contributed by atoms with Gasteiger partial charge in [0.05, 0.1) is 24.1 Å². The van der Waals surface area contributed by atoms with Crippen LogP contribution in [-0.2, 0) is 6.54 Å². The van der Waals surface area contributed by atoms with Crippen LogP contribution in [0.5, 0.6) is 0 Å². The predicted molar refractivity (Wildman–Crippen MR) is 95.4 cm³/mol. The van der Waals surface area contributed by atoms with Crippen LogP contribution in [0.25, 0.3) is 0 Å². The van der Waals surface area contributed by atoms with Gasteiger partial charge in [0.2, 0.25) is 0 Å². The number of carbonyl (C=O) groups excluding carboxylic acids is 1. The van der Waals surface area contributed by atoms with Crippen molar-refractivity contribution in [2.75, 3.05) is 5.32 Å². The highest BCUT2D eigenvalue weighted by molar-refractivity contribution is 6.31. The highest BCUT2D eigenvalue weighted by Crippen LogP contribution is 2.35. The van der Waals surface area contributed by atoms with Crippen LogP contribution >= 0.6 is 11.6 Å². The molecule has 0 saturated heterocycles. The van der Waals surface area contributed by atoms with E-state index < -0.39 is 0 Å². The Labute approximate surface area is 150 Å². The molecule has 0 bridgehead atoms. The van der Waals surface area contributed by atoms with E-state index in [9.17, 15) is 4.79 Å². The van der Waals surface area contributed by atoms with E-state index in [1.807, 2.05) is 37.3 Å². The topological polar surface area (TPSA) is 58.4 Å². The van der Waals surface area contributed by atoms with Crippen LogP contribution in [0.15, 0.2) is 59.3 Å².